The number of hydrogen-bond acceptors (Lipinski definition) is 6. The standard InChI is InChI=1S/C16H20N2O4S/c19-7-8-21-13(14-6-3-9-23-14)10-17-16(20)15-11-4-1-2-5-12(11)22-18-15/h3,6,9,13,19H,1-2,4-5,7-8,10H2,(H,17,20). The van der Waals surface area contributed by atoms with E-state index < -0.39 is 0 Å². The van der Waals surface area contributed by atoms with Gasteiger partial charge in [0.2, 0.25) is 0 Å². The van der Waals surface area contributed by atoms with Crippen LogP contribution in [0.3, 0.4) is 0 Å². The van der Waals surface area contributed by atoms with E-state index in [4.69, 9.17) is 14.4 Å². The molecule has 2 heterocycles. The number of aliphatic hydroxyl groups excluding tert-OH is 1. The van der Waals surface area contributed by atoms with Crippen molar-refractivity contribution >= 4 is 17.2 Å². The molecule has 0 radical (unpaired) electrons. The molecule has 0 fully saturated rings. The van der Waals surface area contributed by atoms with Gasteiger partial charge in [-0.15, -0.1) is 11.3 Å². The Labute approximate surface area is 138 Å². The topological polar surface area (TPSA) is 84.6 Å². The Hall–Kier alpha value is -1.70. The van der Waals surface area contributed by atoms with Gasteiger partial charge in [-0.25, -0.2) is 0 Å². The number of aromatic nitrogens is 1. The Morgan fingerprint density at radius 3 is 3.13 bits per heavy atom. The molecular formula is C16H20N2O4S. The highest BCUT2D eigenvalue weighted by Crippen LogP contribution is 2.25. The summed E-state index contributed by atoms with van der Waals surface area (Å²) in [7, 11) is 0. The maximum atomic E-state index is 12.4. The monoisotopic (exact) mass is 336 g/mol. The predicted molar refractivity (Wildman–Crippen MR) is 85.6 cm³/mol. The molecule has 7 heteroatoms. The zero-order valence-corrected chi connectivity index (χ0v) is 13.6. The largest absolute Gasteiger partial charge is 0.394 e. The molecule has 23 heavy (non-hydrogen) atoms. The van der Waals surface area contributed by atoms with Gasteiger partial charge in [0.25, 0.3) is 5.91 Å². The molecule has 1 aliphatic carbocycles. The lowest BCUT2D eigenvalue weighted by Gasteiger charge is -2.17. The number of aryl methyl sites for hydroxylation is 1. The van der Waals surface area contributed by atoms with Crippen molar-refractivity contribution in [2.45, 2.75) is 31.8 Å². The molecule has 0 saturated carbocycles. The highest BCUT2D eigenvalue weighted by molar-refractivity contribution is 7.10. The summed E-state index contributed by atoms with van der Waals surface area (Å²) in [4.78, 5) is 13.4. The van der Waals surface area contributed by atoms with Gasteiger partial charge in [0.05, 0.1) is 13.2 Å². The molecule has 1 unspecified atom stereocenters. The van der Waals surface area contributed by atoms with Crippen LogP contribution in [0.25, 0.3) is 0 Å². The Balaban J connectivity index is 1.63. The number of rotatable bonds is 7. The molecule has 0 saturated heterocycles. The molecular weight excluding hydrogens is 316 g/mol. The van der Waals surface area contributed by atoms with Gasteiger partial charge < -0.3 is 19.7 Å². The average Bonchev–Trinajstić information content (AvgIpc) is 3.24. The molecule has 2 aromatic heterocycles. The van der Waals surface area contributed by atoms with E-state index in [1.165, 1.54) is 0 Å². The normalized spacial score (nSPS) is 15.2. The highest BCUT2D eigenvalue weighted by Gasteiger charge is 2.24. The molecule has 2 N–H and O–H groups in total. The lowest BCUT2D eigenvalue weighted by Crippen LogP contribution is -2.30. The number of carbonyl (C=O) groups is 1. The number of amides is 1. The molecule has 3 rings (SSSR count). The summed E-state index contributed by atoms with van der Waals surface area (Å²) >= 11 is 1.56. The molecule has 0 aliphatic heterocycles. The number of ether oxygens (including phenoxy) is 1. The highest BCUT2D eigenvalue weighted by atomic mass is 32.1. The molecule has 1 amide bonds. The summed E-state index contributed by atoms with van der Waals surface area (Å²) in [6.07, 6.45) is 3.57. The number of nitrogens with zero attached hydrogens (tertiary/aromatic N) is 1. The van der Waals surface area contributed by atoms with Crippen LogP contribution < -0.4 is 5.32 Å². The summed E-state index contributed by atoms with van der Waals surface area (Å²) in [5.41, 5.74) is 1.34. The van der Waals surface area contributed by atoms with Crippen molar-refractivity contribution in [1.82, 2.24) is 10.5 Å². The number of hydrogen-bond donors (Lipinski definition) is 2. The fraction of sp³-hybridized carbons (Fsp3) is 0.500. The van der Waals surface area contributed by atoms with E-state index in [1.807, 2.05) is 17.5 Å². The predicted octanol–water partition coefficient (Wildman–Crippen LogP) is 2.09. The van der Waals surface area contributed by atoms with E-state index in [1.54, 1.807) is 11.3 Å². The van der Waals surface area contributed by atoms with Gasteiger partial charge in [-0.3, -0.25) is 4.79 Å². The van der Waals surface area contributed by atoms with Crippen LogP contribution in [-0.2, 0) is 17.6 Å². The van der Waals surface area contributed by atoms with Crippen LogP contribution in [0.1, 0.15) is 45.6 Å². The third-order valence-corrected chi connectivity index (χ3v) is 4.85. The first-order valence-electron chi connectivity index (χ1n) is 7.81. The van der Waals surface area contributed by atoms with Crippen molar-refractivity contribution in [3.05, 3.63) is 39.4 Å². The average molecular weight is 336 g/mol. The summed E-state index contributed by atoms with van der Waals surface area (Å²) < 4.78 is 10.9. The lowest BCUT2D eigenvalue weighted by atomic mass is 9.96. The lowest BCUT2D eigenvalue weighted by molar-refractivity contribution is 0.0295. The Bertz CT molecular complexity index is 639. The minimum absolute atomic E-state index is 0.0490. The first-order valence-corrected chi connectivity index (χ1v) is 8.69. The van der Waals surface area contributed by atoms with Crippen molar-refractivity contribution in [1.29, 1.82) is 0 Å². The molecule has 0 bridgehead atoms. The summed E-state index contributed by atoms with van der Waals surface area (Å²) in [5, 5.41) is 17.7. The summed E-state index contributed by atoms with van der Waals surface area (Å²) in [5.74, 6) is 0.610. The van der Waals surface area contributed by atoms with Crippen LogP contribution in [0.15, 0.2) is 22.0 Å². The molecule has 0 spiro atoms. The van der Waals surface area contributed by atoms with Crippen molar-refractivity contribution in [2.75, 3.05) is 19.8 Å². The van der Waals surface area contributed by atoms with Crippen LogP contribution in [-0.4, -0.2) is 35.9 Å². The molecule has 0 aromatic carbocycles. The van der Waals surface area contributed by atoms with Crippen LogP contribution >= 0.6 is 11.3 Å². The number of nitrogens with one attached hydrogen (secondary N) is 1. The summed E-state index contributed by atoms with van der Waals surface area (Å²) in [6, 6.07) is 3.89. The van der Waals surface area contributed by atoms with E-state index in [0.29, 0.717) is 12.2 Å². The zero-order valence-electron chi connectivity index (χ0n) is 12.8. The van der Waals surface area contributed by atoms with E-state index in [0.717, 1.165) is 41.9 Å². The van der Waals surface area contributed by atoms with E-state index in [9.17, 15) is 4.79 Å². The van der Waals surface area contributed by atoms with Gasteiger partial charge in [0.1, 0.15) is 11.9 Å². The third kappa shape index (κ3) is 3.80. The Morgan fingerprint density at radius 2 is 2.35 bits per heavy atom. The SMILES string of the molecule is O=C(NCC(OCCO)c1cccs1)c1noc2c1CCCC2. The second kappa shape index (κ2) is 7.72. The van der Waals surface area contributed by atoms with Gasteiger partial charge in [0, 0.05) is 23.4 Å². The second-order valence-electron chi connectivity index (χ2n) is 5.45. The first-order chi connectivity index (χ1) is 11.3. The fourth-order valence-corrected chi connectivity index (χ4v) is 3.52. The third-order valence-electron chi connectivity index (χ3n) is 3.88. The van der Waals surface area contributed by atoms with Crippen molar-refractivity contribution in [2.24, 2.45) is 0 Å². The minimum atomic E-state index is -0.270. The van der Waals surface area contributed by atoms with Gasteiger partial charge in [-0.1, -0.05) is 11.2 Å². The van der Waals surface area contributed by atoms with Crippen LogP contribution in [0.5, 0.6) is 0 Å². The molecule has 124 valence electrons. The van der Waals surface area contributed by atoms with Crippen LogP contribution in [0.4, 0.5) is 0 Å². The second-order valence-corrected chi connectivity index (χ2v) is 6.43. The maximum absolute atomic E-state index is 12.4. The number of fused-ring (bicyclic) bond motifs is 1. The smallest absolute Gasteiger partial charge is 0.273 e. The molecule has 6 nitrogen and oxygen atoms in total. The van der Waals surface area contributed by atoms with E-state index in [2.05, 4.69) is 10.5 Å². The van der Waals surface area contributed by atoms with Crippen molar-refractivity contribution < 1.29 is 19.2 Å². The minimum Gasteiger partial charge on any atom is -0.394 e. The Kier molecular flexibility index (Phi) is 5.43. The fourth-order valence-electron chi connectivity index (χ4n) is 2.74. The van der Waals surface area contributed by atoms with E-state index >= 15 is 0 Å². The van der Waals surface area contributed by atoms with Crippen molar-refractivity contribution in [3.63, 3.8) is 0 Å². The number of thiophene rings is 1. The van der Waals surface area contributed by atoms with Gasteiger partial charge in [-0.05, 0) is 30.7 Å². The number of carbonyl (C=O) groups excluding carboxylic acids is 1. The molecule has 1 atom stereocenters. The molecule has 2 aromatic rings. The van der Waals surface area contributed by atoms with Crippen molar-refractivity contribution in [3.8, 4) is 0 Å². The quantitative estimate of drug-likeness (QED) is 0.809. The van der Waals surface area contributed by atoms with Crippen LogP contribution in [0, 0.1) is 0 Å². The van der Waals surface area contributed by atoms with Gasteiger partial charge in [-0.2, -0.15) is 0 Å². The maximum Gasteiger partial charge on any atom is 0.273 e. The Morgan fingerprint density at radius 1 is 1.48 bits per heavy atom. The zero-order chi connectivity index (χ0) is 16.1. The summed E-state index contributed by atoms with van der Waals surface area (Å²) in [6.45, 7) is 0.519. The van der Waals surface area contributed by atoms with Crippen LogP contribution in [0.2, 0.25) is 0 Å². The first kappa shape index (κ1) is 16.2. The van der Waals surface area contributed by atoms with Gasteiger partial charge >= 0.3 is 0 Å². The molecule has 1 aliphatic rings. The van der Waals surface area contributed by atoms with E-state index in [-0.39, 0.29) is 25.2 Å². The van der Waals surface area contributed by atoms with Gasteiger partial charge in [0.15, 0.2) is 5.69 Å². The number of aliphatic hydroxyl groups is 1.